The van der Waals surface area contributed by atoms with Crippen LogP contribution in [-0.4, -0.2) is 25.7 Å². The molecule has 0 aliphatic heterocycles. The fraction of sp³-hybridized carbons (Fsp3) is 0.435. The first-order valence-electron chi connectivity index (χ1n) is 10.7. The van der Waals surface area contributed by atoms with Crippen molar-refractivity contribution in [3.05, 3.63) is 64.1 Å². The van der Waals surface area contributed by atoms with E-state index in [2.05, 4.69) is 5.32 Å². The molecule has 1 unspecified atom stereocenters. The molecule has 2 rings (SSSR count). The molecule has 0 bridgehead atoms. The summed E-state index contributed by atoms with van der Waals surface area (Å²) in [6.07, 6.45) is 3.23. The van der Waals surface area contributed by atoms with Crippen molar-refractivity contribution >= 4 is 36.7 Å². The zero-order chi connectivity index (χ0) is 23.4. The van der Waals surface area contributed by atoms with E-state index in [4.69, 9.17) is 37.0 Å². The minimum Gasteiger partial charge on any atom is -0.482 e. The molecular weight excluding hydrogens is 472 g/mol. The maximum Gasteiger partial charge on any atom is 0.357 e. The van der Waals surface area contributed by atoms with Crippen molar-refractivity contribution in [1.82, 2.24) is 5.32 Å². The quantitative estimate of drug-likeness (QED) is 0.222. The minimum absolute atomic E-state index is 0.274. The van der Waals surface area contributed by atoms with Gasteiger partial charge >= 0.3 is 7.60 Å². The number of nitrogens with one attached hydrogen (secondary N) is 1. The second-order valence-corrected chi connectivity index (χ2v) is 10.1. The van der Waals surface area contributed by atoms with Crippen molar-refractivity contribution in [2.75, 3.05) is 19.8 Å². The summed E-state index contributed by atoms with van der Waals surface area (Å²) in [6, 6.07) is 13.7. The van der Waals surface area contributed by atoms with Crippen LogP contribution in [0.5, 0.6) is 5.75 Å². The summed E-state index contributed by atoms with van der Waals surface area (Å²) in [5, 5.41) is 3.54. The molecule has 0 aliphatic rings. The standard InChI is InChI=1S/C23H30Cl2NO5P/c1-3-5-14-30-32(28,31-15-6-4-2)23(18-10-8-7-9-11-18)26-22(27)17-29-21-13-12-19(24)16-20(21)25/h7-13,16,23H,3-6,14-15,17H2,1-2H3,(H,26,27). The van der Waals surface area contributed by atoms with E-state index in [0.29, 0.717) is 21.4 Å². The van der Waals surface area contributed by atoms with Crippen LogP contribution in [0.25, 0.3) is 0 Å². The molecule has 0 heterocycles. The Morgan fingerprint density at radius 2 is 1.62 bits per heavy atom. The summed E-state index contributed by atoms with van der Waals surface area (Å²) in [4.78, 5) is 12.7. The first-order chi connectivity index (χ1) is 15.4. The average Bonchev–Trinajstić information content (AvgIpc) is 2.78. The third kappa shape index (κ3) is 8.42. The third-order valence-corrected chi connectivity index (χ3v) is 7.20. The molecule has 32 heavy (non-hydrogen) atoms. The van der Waals surface area contributed by atoms with Crippen LogP contribution < -0.4 is 10.1 Å². The van der Waals surface area contributed by atoms with E-state index in [1.807, 2.05) is 19.9 Å². The van der Waals surface area contributed by atoms with Crippen LogP contribution in [0.1, 0.15) is 50.9 Å². The van der Waals surface area contributed by atoms with Gasteiger partial charge in [-0.3, -0.25) is 9.36 Å². The molecule has 0 saturated heterocycles. The van der Waals surface area contributed by atoms with Gasteiger partial charge in [-0.15, -0.1) is 0 Å². The van der Waals surface area contributed by atoms with Gasteiger partial charge in [-0.1, -0.05) is 80.2 Å². The van der Waals surface area contributed by atoms with Crippen molar-refractivity contribution < 1.29 is 23.1 Å². The van der Waals surface area contributed by atoms with E-state index >= 15 is 0 Å². The number of amides is 1. The maximum absolute atomic E-state index is 13.8. The highest BCUT2D eigenvalue weighted by Gasteiger charge is 2.38. The van der Waals surface area contributed by atoms with Crippen LogP contribution in [0.4, 0.5) is 0 Å². The molecule has 176 valence electrons. The Morgan fingerprint density at radius 3 is 2.19 bits per heavy atom. The van der Waals surface area contributed by atoms with Crippen molar-refractivity contribution in [3.8, 4) is 5.75 Å². The maximum atomic E-state index is 13.8. The van der Waals surface area contributed by atoms with E-state index in [-0.39, 0.29) is 19.8 Å². The highest BCUT2D eigenvalue weighted by molar-refractivity contribution is 7.54. The molecule has 0 aliphatic carbocycles. The zero-order valence-electron chi connectivity index (χ0n) is 18.4. The smallest absolute Gasteiger partial charge is 0.357 e. The predicted molar refractivity (Wildman–Crippen MR) is 129 cm³/mol. The lowest BCUT2D eigenvalue weighted by atomic mass is 10.2. The van der Waals surface area contributed by atoms with Crippen molar-refractivity contribution in [2.24, 2.45) is 0 Å². The molecule has 0 aromatic heterocycles. The number of rotatable bonds is 14. The normalized spacial score (nSPS) is 12.4. The Morgan fingerprint density at radius 1 is 1.00 bits per heavy atom. The van der Waals surface area contributed by atoms with Crippen molar-refractivity contribution in [1.29, 1.82) is 0 Å². The average molecular weight is 502 g/mol. The summed E-state index contributed by atoms with van der Waals surface area (Å²) < 4.78 is 30.9. The largest absolute Gasteiger partial charge is 0.482 e. The van der Waals surface area contributed by atoms with Crippen LogP contribution >= 0.6 is 30.8 Å². The van der Waals surface area contributed by atoms with E-state index in [0.717, 1.165) is 25.7 Å². The minimum atomic E-state index is -3.71. The first-order valence-corrected chi connectivity index (χ1v) is 13.1. The molecule has 0 fully saturated rings. The molecule has 9 heteroatoms. The molecule has 1 amide bonds. The van der Waals surface area contributed by atoms with Gasteiger partial charge in [0.05, 0.1) is 18.2 Å². The van der Waals surface area contributed by atoms with E-state index in [1.165, 1.54) is 6.07 Å². The molecule has 0 spiro atoms. The highest BCUT2D eigenvalue weighted by atomic mass is 35.5. The number of benzene rings is 2. The lowest BCUT2D eigenvalue weighted by Gasteiger charge is -2.28. The Balaban J connectivity index is 2.20. The summed E-state index contributed by atoms with van der Waals surface area (Å²) in [7, 11) is -3.71. The lowest BCUT2D eigenvalue weighted by molar-refractivity contribution is -0.123. The van der Waals surface area contributed by atoms with Gasteiger partial charge in [0, 0.05) is 5.02 Å². The molecule has 0 saturated carbocycles. The fourth-order valence-corrected chi connectivity index (χ4v) is 5.21. The summed E-state index contributed by atoms with van der Waals surface area (Å²) in [6.45, 7) is 4.25. The Hall–Kier alpha value is -1.56. The number of ether oxygens (including phenoxy) is 1. The third-order valence-electron chi connectivity index (χ3n) is 4.52. The Kier molecular flexibility index (Phi) is 11.6. The van der Waals surface area contributed by atoms with E-state index in [9.17, 15) is 9.36 Å². The van der Waals surface area contributed by atoms with E-state index < -0.39 is 19.3 Å². The number of hydrogen-bond acceptors (Lipinski definition) is 5. The first kappa shape index (κ1) is 26.7. The van der Waals surface area contributed by atoms with Gasteiger partial charge in [-0.05, 0) is 36.6 Å². The van der Waals surface area contributed by atoms with Crippen molar-refractivity contribution in [3.63, 3.8) is 0 Å². The van der Waals surface area contributed by atoms with Crippen LogP contribution in [0, 0.1) is 0 Å². The van der Waals surface area contributed by atoms with Gasteiger partial charge in [-0.2, -0.15) is 0 Å². The molecule has 1 N–H and O–H groups in total. The van der Waals surface area contributed by atoms with Crippen LogP contribution in [0.2, 0.25) is 10.0 Å². The Bertz CT molecular complexity index is 883. The van der Waals surface area contributed by atoms with Gasteiger partial charge in [0.25, 0.3) is 5.91 Å². The molecular formula is C23H30Cl2NO5P. The molecule has 2 aromatic rings. The number of halogens is 2. The van der Waals surface area contributed by atoms with Crippen LogP contribution in [0.15, 0.2) is 48.5 Å². The monoisotopic (exact) mass is 501 g/mol. The topological polar surface area (TPSA) is 73.9 Å². The van der Waals surface area contributed by atoms with Gasteiger partial charge in [-0.25, -0.2) is 0 Å². The van der Waals surface area contributed by atoms with Gasteiger partial charge in [0.15, 0.2) is 12.4 Å². The van der Waals surface area contributed by atoms with Crippen LogP contribution in [0.3, 0.4) is 0 Å². The SMILES string of the molecule is CCCCOP(=O)(OCCCC)C(NC(=O)COc1ccc(Cl)cc1Cl)c1ccccc1. The van der Waals surface area contributed by atoms with E-state index in [1.54, 1.807) is 36.4 Å². The predicted octanol–water partition coefficient (Wildman–Crippen LogP) is 7.01. The summed E-state index contributed by atoms with van der Waals surface area (Å²) in [5.41, 5.74) is 0.627. The summed E-state index contributed by atoms with van der Waals surface area (Å²) in [5.74, 6) is -1.12. The molecule has 2 aromatic carbocycles. The second kappa shape index (κ2) is 13.9. The zero-order valence-corrected chi connectivity index (χ0v) is 20.8. The lowest BCUT2D eigenvalue weighted by Crippen LogP contribution is -2.33. The second-order valence-electron chi connectivity index (χ2n) is 7.16. The van der Waals surface area contributed by atoms with Crippen molar-refractivity contribution in [2.45, 2.75) is 45.3 Å². The van der Waals surface area contributed by atoms with Gasteiger partial charge in [0.2, 0.25) is 0 Å². The highest BCUT2D eigenvalue weighted by Crippen LogP contribution is 2.59. The van der Waals surface area contributed by atoms with Gasteiger partial charge in [0.1, 0.15) is 5.75 Å². The summed E-state index contributed by atoms with van der Waals surface area (Å²) >= 11 is 12.0. The Labute approximate surface area is 200 Å². The number of hydrogen-bond donors (Lipinski definition) is 1. The van der Waals surface area contributed by atoms with Gasteiger partial charge < -0.3 is 19.1 Å². The number of unbranched alkanes of at least 4 members (excludes halogenated alkanes) is 2. The van der Waals surface area contributed by atoms with Crippen LogP contribution in [-0.2, 0) is 18.4 Å². The number of carbonyl (C=O) groups excluding carboxylic acids is 1. The number of carbonyl (C=O) groups is 1. The molecule has 6 nitrogen and oxygen atoms in total. The fourth-order valence-electron chi connectivity index (χ4n) is 2.77. The molecule has 1 atom stereocenters. The molecule has 0 radical (unpaired) electrons.